The molecule has 4 N–H and O–H groups in total. The number of carbonyl (C=O) groups is 1. The average Bonchev–Trinajstić information content (AvgIpc) is 2.36. The van der Waals surface area contributed by atoms with Gasteiger partial charge >= 0.3 is 6.09 Å². The number of ether oxygens (including phenoxy) is 1. The Balaban J connectivity index is 2.51. The molecule has 0 saturated carbocycles. The highest BCUT2D eigenvalue weighted by Crippen LogP contribution is 2.25. The van der Waals surface area contributed by atoms with Crippen LogP contribution < -0.4 is 16.4 Å². The number of nitrogens with one attached hydrogen (secondary N) is 2. The molecule has 0 fully saturated rings. The third kappa shape index (κ3) is 7.02. The number of nitrogens with two attached hydrogens (primary N) is 1. The maximum atomic E-state index is 11.6. The second-order valence-corrected chi connectivity index (χ2v) is 6.85. The van der Waals surface area contributed by atoms with E-state index in [-0.39, 0.29) is 6.04 Å². The summed E-state index contributed by atoms with van der Waals surface area (Å²) < 4.78 is 6.00. The molecule has 0 saturated heterocycles. The van der Waals surface area contributed by atoms with Crippen molar-refractivity contribution in [1.82, 2.24) is 5.32 Å². The Morgan fingerprint density at radius 1 is 1.48 bits per heavy atom. The monoisotopic (exact) mass is 377 g/mol. The predicted octanol–water partition coefficient (Wildman–Crippen LogP) is 3.37. The van der Waals surface area contributed by atoms with Gasteiger partial charge in [0.1, 0.15) is 5.60 Å². The normalized spacial score (nSPS) is 12.7. The van der Waals surface area contributed by atoms with Crippen molar-refractivity contribution >= 4 is 39.3 Å². The molecule has 5 nitrogen and oxygen atoms in total. The third-order valence-electron chi connectivity index (χ3n) is 2.47. The molecule has 1 rings (SSSR count). The average molecular weight is 379 g/mol. The minimum absolute atomic E-state index is 0.116. The van der Waals surface area contributed by atoms with Crippen molar-refractivity contribution in [2.45, 2.75) is 32.4 Å². The van der Waals surface area contributed by atoms with Crippen molar-refractivity contribution in [2.24, 2.45) is 5.73 Å². The van der Waals surface area contributed by atoms with E-state index in [2.05, 4.69) is 26.6 Å². The summed E-state index contributed by atoms with van der Waals surface area (Å²) in [4.78, 5) is 11.6. The van der Waals surface area contributed by atoms with E-state index in [9.17, 15) is 4.79 Å². The Labute approximate surface area is 138 Å². The first kappa shape index (κ1) is 18.1. The second kappa shape index (κ2) is 7.87. The fourth-order valence-corrected chi connectivity index (χ4v) is 1.96. The number of alkyl carbamates (subject to hydrolysis) is 1. The van der Waals surface area contributed by atoms with Crippen molar-refractivity contribution in [3.63, 3.8) is 0 Å². The zero-order valence-corrected chi connectivity index (χ0v) is 14.7. The molecule has 1 atom stereocenters. The van der Waals surface area contributed by atoms with Crippen LogP contribution in [0.5, 0.6) is 0 Å². The standard InChI is InChI=1S/C14H21BrClN3O2/c1-14(2,3)21-13(20)18-8-10(7-17)19-9-4-5-11(15)12(16)6-9/h4-6,10,19H,7-8,17H2,1-3H3,(H,18,20). The quantitative estimate of drug-likeness (QED) is 0.734. The molecule has 0 aliphatic rings. The molecule has 1 aromatic rings. The molecule has 1 amide bonds. The van der Waals surface area contributed by atoms with E-state index < -0.39 is 11.7 Å². The van der Waals surface area contributed by atoms with Gasteiger partial charge in [-0.15, -0.1) is 0 Å². The van der Waals surface area contributed by atoms with Crippen molar-refractivity contribution in [1.29, 1.82) is 0 Å². The van der Waals surface area contributed by atoms with Crippen LogP contribution in [0, 0.1) is 0 Å². The van der Waals surface area contributed by atoms with Gasteiger partial charge in [0.15, 0.2) is 0 Å². The number of rotatable bonds is 5. The van der Waals surface area contributed by atoms with Crippen LogP contribution in [0.1, 0.15) is 20.8 Å². The molecule has 1 aromatic carbocycles. The Hall–Kier alpha value is -0.980. The highest BCUT2D eigenvalue weighted by Gasteiger charge is 2.17. The van der Waals surface area contributed by atoms with E-state index in [1.807, 2.05) is 32.9 Å². The van der Waals surface area contributed by atoms with Crippen LogP contribution in [0.2, 0.25) is 5.02 Å². The Morgan fingerprint density at radius 3 is 2.67 bits per heavy atom. The maximum Gasteiger partial charge on any atom is 0.407 e. The van der Waals surface area contributed by atoms with Gasteiger partial charge < -0.3 is 21.1 Å². The minimum Gasteiger partial charge on any atom is -0.444 e. The van der Waals surface area contributed by atoms with Crippen molar-refractivity contribution < 1.29 is 9.53 Å². The highest BCUT2D eigenvalue weighted by atomic mass is 79.9. The first-order valence-electron chi connectivity index (χ1n) is 6.60. The lowest BCUT2D eigenvalue weighted by molar-refractivity contribution is 0.0526. The summed E-state index contributed by atoms with van der Waals surface area (Å²) in [5.74, 6) is 0. The van der Waals surface area contributed by atoms with Crippen LogP contribution in [0.4, 0.5) is 10.5 Å². The molecule has 0 aliphatic carbocycles. The lowest BCUT2D eigenvalue weighted by atomic mass is 10.2. The van der Waals surface area contributed by atoms with Crippen LogP contribution in [0.25, 0.3) is 0 Å². The van der Waals surface area contributed by atoms with Gasteiger partial charge in [0, 0.05) is 23.2 Å². The number of hydrogen-bond donors (Lipinski definition) is 3. The lowest BCUT2D eigenvalue weighted by Gasteiger charge is -2.22. The van der Waals surface area contributed by atoms with E-state index in [1.165, 1.54) is 0 Å². The van der Waals surface area contributed by atoms with E-state index in [0.717, 1.165) is 10.2 Å². The minimum atomic E-state index is -0.519. The maximum absolute atomic E-state index is 11.6. The van der Waals surface area contributed by atoms with Crippen molar-refractivity contribution in [3.05, 3.63) is 27.7 Å². The Kier molecular flexibility index (Phi) is 6.77. The fraction of sp³-hybridized carbons (Fsp3) is 0.500. The summed E-state index contributed by atoms with van der Waals surface area (Å²) >= 11 is 9.37. The van der Waals surface area contributed by atoms with Gasteiger partial charge in [-0.3, -0.25) is 0 Å². The molecule has 0 aliphatic heterocycles. The molecule has 118 valence electrons. The molecule has 0 heterocycles. The summed E-state index contributed by atoms with van der Waals surface area (Å²) in [6, 6.07) is 5.41. The highest BCUT2D eigenvalue weighted by molar-refractivity contribution is 9.10. The van der Waals surface area contributed by atoms with Crippen LogP contribution in [0.3, 0.4) is 0 Å². The second-order valence-electron chi connectivity index (χ2n) is 5.59. The van der Waals surface area contributed by atoms with Crippen molar-refractivity contribution in [3.8, 4) is 0 Å². The number of anilines is 1. The number of halogens is 2. The van der Waals surface area contributed by atoms with E-state index in [1.54, 1.807) is 6.07 Å². The Bertz CT molecular complexity index is 492. The predicted molar refractivity (Wildman–Crippen MR) is 89.9 cm³/mol. The van der Waals surface area contributed by atoms with Gasteiger partial charge in [0.25, 0.3) is 0 Å². The first-order chi connectivity index (χ1) is 9.71. The summed E-state index contributed by atoms with van der Waals surface area (Å²) in [6.07, 6.45) is -0.461. The van der Waals surface area contributed by atoms with Crippen LogP contribution in [-0.4, -0.2) is 30.8 Å². The lowest BCUT2D eigenvalue weighted by Crippen LogP contribution is -2.42. The molecule has 0 bridgehead atoms. The summed E-state index contributed by atoms with van der Waals surface area (Å²) in [7, 11) is 0. The molecule has 0 spiro atoms. The van der Waals surface area contributed by atoms with Crippen LogP contribution in [-0.2, 0) is 4.74 Å². The summed E-state index contributed by atoms with van der Waals surface area (Å²) in [6.45, 7) is 6.17. The van der Waals surface area contributed by atoms with E-state index >= 15 is 0 Å². The van der Waals surface area contributed by atoms with Gasteiger partial charge in [-0.25, -0.2) is 4.79 Å². The van der Waals surface area contributed by atoms with Crippen molar-refractivity contribution in [2.75, 3.05) is 18.4 Å². The largest absolute Gasteiger partial charge is 0.444 e. The number of hydrogen-bond acceptors (Lipinski definition) is 4. The molecule has 0 aromatic heterocycles. The topological polar surface area (TPSA) is 76.4 Å². The van der Waals surface area contributed by atoms with E-state index in [0.29, 0.717) is 18.1 Å². The zero-order chi connectivity index (χ0) is 16.0. The SMILES string of the molecule is CC(C)(C)OC(=O)NCC(CN)Nc1ccc(Br)c(Cl)c1. The van der Waals surface area contributed by atoms with Gasteiger partial charge in [0.05, 0.1) is 11.1 Å². The molecular weight excluding hydrogens is 358 g/mol. The molecule has 7 heteroatoms. The van der Waals surface area contributed by atoms with E-state index in [4.69, 9.17) is 22.1 Å². The number of benzene rings is 1. The van der Waals surface area contributed by atoms with Gasteiger partial charge in [0.2, 0.25) is 0 Å². The third-order valence-corrected chi connectivity index (χ3v) is 3.70. The van der Waals surface area contributed by atoms with Crippen LogP contribution >= 0.6 is 27.5 Å². The van der Waals surface area contributed by atoms with Gasteiger partial charge in [-0.2, -0.15) is 0 Å². The summed E-state index contributed by atoms with van der Waals surface area (Å²) in [5.41, 5.74) is 6.02. The molecule has 1 unspecified atom stereocenters. The number of amides is 1. The molecular formula is C14H21BrClN3O2. The summed E-state index contributed by atoms with van der Waals surface area (Å²) in [5, 5.41) is 6.51. The van der Waals surface area contributed by atoms with Gasteiger partial charge in [-0.1, -0.05) is 11.6 Å². The molecule has 0 radical (unpaired) electrons. The first-order valence-corrected chi connectivity index (χ1v) is 7.77. The zero-order valence-electron chi connectivity index (χ0n) is 12.4. The number of carbonyl (C=O) groups excluding carboxylic acids is 1. The Morgan fingerprint density at radius 2 is 2.14 bits per heavy atom. The van der Waals surface area contributed by atoms with Gasteiger partial charge in [-0.05, 0) is 54.9 Å². The smallest absolute Gasteiger partial charge is 0.407 e. The fourth-order valence-electron chi connectivity index (χ4n) is 1.54. The van der Waals surface area contributed by atoms with Crippen LogP contribution in [0.15, 0.2) is 22.7 Å². The molecule has 21 heavy (non-hydrogen) atoms.